The van der Waals surface area contributed by atoms with Gasteiger partial charge in [-0.15, -0.1) is 11.8 Å². The molecule has 3 rings (SSSR count). The molecule has 0 unspecified atom stereocenters. The molecule has 1 aromatic rings. The summed E-state index contributed by atoms with van der Waals surface area (Å²) in [6.45, 7) is 1.73. The lowest BCUT2D eigenvalue weighted by Crippen LogP contribution is -2.64. The van der Waals surface area contributed by atoms with Gasteiger partial charge in [-0.1, -0.05) is 30.3 Å². The van der Waals surface area contributed by atoms with Crippen molar-refractivity contribution in [3.05, 3.63) is 47.2 Å². The van der Waals surface area contributed by atoms with Gasteiger partial charge < -0.3 is 21.1 Å². The first-order valence-corrected chi connectivity index (χ1v) is 8.49. The first kappa shape index (κ1) is 16.4. The fourth-order valence-electron chi connectivity index (χ4n) is 2.71. The fourth-order valence-corrected chi connectivity index (χ4v) is 3.87. The van der Waals surface area contributed by atoms with Crippen molar-refractivity contribution in [2.75, 3.05) is 5.75 Å². The van der Waals surface area contributed by atoms with Crippen molar-refractivity contribution in [2.24, 2.45) is 0 Å². The second kappa shape index (κ2) is 6.56. The predicted molar refractivity (Wildman–Crippen MR) is 89.0 cm³/mol. The lowest BCUT2D eigenvalue weighted by atomic mass is 10.0. The molecule has 2 amide bonds. The number of nitrogens with one attached hydrogen (secondary N) is 3. The molecule has 126 valence electrons. The first-order chi connectivity index (χ1) is 11.5. The van der Waals surface area contributed by atoms with E-state index in [4.69, 9.17) is 0 Å². The van der Waals surface area contributed by atoms with Gasteiger partial charge >= 0.3 is 5.97 Å². The number of benzene rings is 1. The minimum Gasteiger partial charge on any atom is -0.477 e. The minimum atomic E-state index is -1.07. The van der Waals surface area contributed by atoms with Crippen LogP contribution in [0.1, 0.15) is 18.5 Å². The molecule has 2 aliphatic heterocycles. The van der Waals surface area contributed by atoms with Crippen LogP contribution in [0.3, 0.4) is 0 Å². The van der Waals surface area contributed by atoms with Gasteiger partial charge in [-0.25, -0.2) is 4.79 Å². The van der Waals surface area contributed by atoms with Crippen LogP contribution in [0.15, 0.2) is 41.6 Å². The van der Waals surface area contributed by atoms with E-state index in [9.17, 15) is 19.5 Å². The number of hydrogen-bond acceptors (Lipinski definition) is 5. The quantitative estimate of drug-likeness (QED) is 0.629. The van der Waals surface area contributed by atoms with Crippen molar-refractivity contribution in [2.45, 2.75) is 24.4 Å². The zero-order chi connectivity index (χ0) is 17.3. The van der Waals surface area contributed by atoms with Crippen LogP contribution in [-0.2, 0) is 14.4 Å². The standard InChI is InChI=1S/C16H17N3O4S/c1-8-7-24-15(19-10(8)16(22)23)12-14(21)17-11(13(20)18-12)9-5-3-2-4-6-9/h2-6,11-12,15,19H,7H2,1H3,(H,17,21)(H,18,20)(H,22,23)/t11-,12+,15-/m1/s1. The van der Waals surface area contributed by atoms with E-state index in [0.717, 1.165) is 0 Å². The van der Waals surface area contributed by atoms with Crippen LogP contribution in [0.2, 0.25) is 0 Å². The first-order valence-electron chi connectivity index (χ1n) is 7.44. The Morgan fingerprint density at radius 2 is 1.83 bits per heavy atom. The van der Waals surface area contributed by atoms with E-state index in [0.29, 0.717) is 16.9 Å². The number of carbonyl (C=O) groups excluding carboxylic acids is 2. The molecule has 0 radical (unpaired) electrons. The van der Waals surface area contributed by atoms with Gasteiger partial charge in [0.1, 0.15) is 23.2 Å². The third-order valence-corrected chi connectivity index (χ3v) is 5.32. The van der Waals surface area contributed by atoms with Crippen LogP contribution < -0.4 is 16.0 Å². The number of rotatable bonds is 3. The average Bonchev–Trinajstić information content (AvgIpc) is 2.57. The molecule has 0 aromatic heterocycles. The Kier molecular flexibility index (Phi) is 4.48. The van der Waals surface area contributed by atoms with Crippen LogP contribution >= 0.6 is 11.8 Å². The number of piperazine rings is 1. The topological polar surface area (TPSA) is 108 Å². The van der Waals surface area contributed by atoms with Crippen molar-refractivity contribution >= 4 is 29.5 Å². The molecule has 0 saturated carbocycles. The lowest BCUT2D eigenvalue weighted by Gasteiger charge is -2.36. The maximum atomic E-state index is 12.4. The molecule has 0 spiro atoms. The maximum Gasteiger partial charge on any atom is 0.351 e. The summed E-state index contributed by atoms with van der Waals surface area (Å²) >= 11 is 1.39. The summed E-state index contributed by atoms with van der Waals surface area (Å²) in [5.41, 5.74) is 1.49. The molecular formula is C16H17N3O4S. The molecule has 1 saturated heterocycles. The largest absolute Gasteiger partial charge is 0.477 e. The Bertz CT molecular complexity index is 719. The molecule has 1 aromatic carbocycles. The zero-order valence-electron chi connectivity index (χ0n) is 12.9. The number of carbonyl (C=O) groups is 3. The Labute approximate surface area is 142 Å². The molecule has 3 atom stereocenters. The Hall–Kier alpha value is -2.48. The second-order valence-electron chi connectivity index (χ2n) is 5.67. The smallest absolute Gasteiger partial charge is 0.351 e. The molecule has 24 heavy (non-hydrogen) atoms. The number of thioether (sulfide) groups is 1. The van der Waals surface area contributed by atoms with Crippen molar-refractivity contribution in [1.82, 2.24) is 16.0 Å². The van der Waals surface area contributed by atoms with Gasteiger partial charge in [0.25, 0.3) is 0 Å². The highest BCUT2D eigenvalue weighted by molar-refractivity contribution is 8.00. The van der Waals surface area contributed by atoms with Crippen LogP contribution in [0.4, 0.5) is 0 Å². The van der Waals surface area contributed by atoms with E-state index in [1.807, 2.05) is 6.07 Å². The van der Waals surface area contributed by atoms with E-state index in [2.05, 4.69) is 16.0 Å². The second-order valence-corrected chi connectivity index (χ2v) is 6.80. The van der Waals surface area contributed by atoms with E-state index < -0.39 is 23.4 Å². The van der Waals surface area contributed by atoms with Gasteiger partial charge in [-0.05, 0) is 18.1 Å². The van der Waals surface area contributed by atoms with Crippen molar-refractivity contribution in [3.8, 4) is 0 Å². The van der Waals surface area contributed by atoms with Gasteiger partial charge in [0.15, 0.2) is 0 Å². The van der Waals surface area contributed by atoms with Crippen molar-refractivity contribution in [1.29, 1.82) is 0 Å². The van der Waals surface area contributed by atoms with Crippen molar-refractivity contribution in [3.63, 3.8) is 0 Å². The molecule has 0 aliphatic carbocycles. The summed E-state index contributed by atoms with van der Waals surface area (Å²) in [5.74, 6) is -1.22. The zero-order valence-corrected chi connectivity index (χ0v) is 13.7. The number of aliphatic carboxylic acids is 1. The minimum absolute atomic E-state index is 0.0889. The average molecular weight is 347 g/mol. The van der Waals surface area contributed by atoms with Crippen LogP contribution in [-0.4, -0.2) is 40.1 Å². The third-order valence-electron chi connectivity index (χ3n) is 3.97. The molecule has 2 heterocycles. The summed E-state index contributed by atoms with van der Waals surface area (Å²) in [6.07, 6.45) is 0. The highest BCUT2D eigenvalue weighted by Gasteiger charge is 2.41. The summed E-state index contributed by atoms with van der Waals surface area (Å²) in [4.78, 5) is 36.1. The third kappa shape index (κ3) is 3.09. The Morgan fingerprint density at radius 3 is 2.50 bits per heavy atom. The summed E-state index contributed by atoms with van der Waals surface area (Å²) in [7, 11) is 0. The maximum absolute atomic E-state index is 12.4. The lowest BCUT2D eigenvalue weighted by molar-refractivity contribution is -0.137. The molecule has 8 heteroatoms. The molecule has 4 N–H and O–H groups in total. The summed E-state index contributed by atoms with van der Waals surface area (Å²) < 4.78 is 0. The normalized spacial score (nSPS) is 27.1. The number of carboxylic acid groups (broad SMARTS) is 1. The monoisotopic (exact) mass is 347 g/mol. The molecular weight excluding hydrogens is 330 g/mol. The highest BCUT2D eigenvalue weighted by atomic mass is 32.2. The van der Waals surface area contributed by atoms with E-state index in [1.54, 1.807) is 31.2 Å². The SMILES string of the molecule is CC1=C(C(=O)O)N[C@@H]([C@H]2NC(=O)[C@@H](c3ccccc3)NC2=O)SC1. The van der Waals surface area contributed by atoms with E-state index >= 15 is 0 Å². The van der Waals surface area contributed by atoms with Crippen LogP contribution in [0.5, 0.6) is 0 Å². The Morgan fingerprint density at radius 1 is 1.12 bits per heavy atom. The molecule has 0 bridgehead atoms. The number of amides is 2. The van der Waals surface area contributed by atoms with Gasteiger partial charge in [-0.2, -0.15) is 0 Å². The molecule has 2 aliphatic rings. The molecule has 1 fully saturated rings. The summed E-state index contributed by atoms with van der Waals surface area (Å²) in [5, 5.41) is 17.0. The highest BCUT2D eigenvalue weighted by Crippen LogP contribution is 2.26. The van der Waals surface area contributed by atoms with Crippen LogP contribution in [0, 0.1) is 0 Å². The number of hydrogen-bond donors (Lipinski definition) is 4. The van der Waals surface area contributed by atoms with Gasteiger partial charge in [0, 0.05) is 5.75 Å². The van der Waals surface area contributed by atoms with Crippen LogP contribution in [0.25, 0.3) is 0 Å². The van der Waals surface area contributed by atoms with Gasteiger partial charge in [-0.3, -0.25) is 9.59 Å². The van der Waals surface area contributed by atoms with E-state index in [-0.39, 0.29) is 17.5 Å². The van der Waals surface area contributed by atoms with Gasteiger partial charge in [0.05, 0.1) is 0 Å². The van der Waals surface area contributed by atoms with Gasteiger partial charge in [0.2, 0.25) is 11.8 Å². The number of carboxylic acids is 1. The van der Waals surface area contributed by atoms with Crippen molar-refractivity contribution < 1.29 is 19.5 Å². The fraction of sp³-hybridized carbons (Fsp3) is 0.312. The predicted octanol–water partition coefficient (Wildman–Crippen LogP) is 0.363. The Balaban J connectivity index is 1.75. The molecule has 7 nitrogen and oxygen atoms in total. The van der Waals surface area contributed by atoms with E-state index in [1.165, 1.54) is 11.8 Å². The summed E-state index contributed by atoms with van der Waals surface area (Å²) in [6, 6.07) is 7.41.